The summed E-state index contributed by atoms with van der Waals surface area (Å²) in [5.41, 5.74) is 1.58. The van der Waals surface area contributed by atoms with E-state index in [4.69, 9.17) is 9.84 Å². The van der Waals surface area contributed by atoms with Gasteiger partial charge >= 0.3 is 11.9 Å². The average Bonchev–Trinajstić information content (AvgIpc) is 3.28. The number of fused-ring (bicyclic) bond motifs is 1. The highest BCUT2D eigenvalue weighted by Gasteiger charge is 2.28. The molecular weight excluding hydrogens is 346 g/mol. The van der Waals surface area contributed by atoms with Crippen molar-refractivity contribution in [1.82, 2.24) is 9.78 Å². The zero-order valence-electron chi connectivity index (χ0n) is 13.7. The molecule has 8 nitrogen and oxygen atoms in total. The number of nitrogens with zero attached hydrogens (tertiary/aromatic N) is 2. The summed E-state index contributed by atoms with van der Waals surface area (Å²) in [4.78, 5) is 36.6. The van der Waals surface area contributed by atoms with Crippen LogP contribution >= 0.6 is 11.3 Å². The SMILES string of the molecule is COC(=O)c1c(NC(=O)c2cnn(C(C)C(=O)O)c2)sc2c1CCC2. The molecule has 0 saturated carbocycles. The highest BCUT2D eigenvalue weighted by molar-refractivity contribution is 7.17. The van der Waals surface area contributed by atoms with E-state index in [1.54, 1.807) is 0 Å². The van der Waals surface area contributed by atoms with Gasteiger partial charge in [0, 0.05) is 11.1 Å². The lowest BCUT2D eigenvalue weighted by Gasteiger charge is -2.06. The number of carboxylic acid groups (broad SMARTS) is 1. The number of ether oxygens (including phenoxy) is 1. The number of aromatic nitrogens is 2. The summed E-state index contributed by atoms with van der Waals surface area (Å²) in [5.74, 6) is -1.96. The Bertz CT molecular complexity index is 854. The number of rotatable bonds is 5. The Labute approximate surface area is 147 Å². The quantitative estimate of drug-likeness (QED) is 0.787. The monoisotopic (exact) mass is 363 g/mol. The smallest absolute Gasteiger partial charge is 0.341 e. The van der Waals surface area contributed by atoms with E-state index in [0.717, 1.165) is 29.7 Å². The third-order valence-corrected chi connectivity index (χ3v) is 5.36. The molecule has 2 aromatic rings. The molecule has 9 heteroatoms. The Morgan fingerprint density at radius 2 is 2.16 bits per heavy atom. The van der Waals surface area contributed by atoms with Crippen LogP contribution in [0.25, 0.3) is 0 Å². The van der Waals surface area contributed by atoms with Crippen molar-refractivity contribution in [3.63, 3.8) is 0 Å². The van der Waals surface area contributed by atoms with Gasteiger partial charge in [0.15, 0.2) is 0 Å². The van der Waals surface area contributed by atoms with Crippen molar-refractivity contribution in [2.75, 3.05) is 12.4 Å². The van der Waals surface area contributed by atoms with Crippen LogP contribution in [-0.4, -0.2) is 39.8 Å². The molecule has 2 N–H and O–H groups in total. The van der Waals surface area contributed by atoms with Gasteiger partial charge in [0.1, 0.15) is 11.0 Å². The fourth-order valence-corrected chi connectivity index (χ4v) is 4.04. The minimum atomic E-state index is -1.04. The first-order valence-electron chi connectivity index (χ1n) is 7.73. The number of nitrogens with one attached hydrogen (secondary N) is 1. The Kier molecular flexibility index (Phi) is 4.58. The maximum atomic E-state index is 12.5. The van der Waals surface area contributed by atoms with E-state index in [1.807, 2.05) is 0 Å². The van der Waals surface area contributed by atoms with Crippen molar-refractivity contribution >= 4 is 34.2 Å². The lowest BCUT2D eigenvalue weighted by atomic mass is 10.1. The van der Waals surface area contributed by atoms with Crippen molar-refractivity contribution < 1.29 is 24.2 Å². The molecule has 3 rings (SSSR count). The molecular formula is C16H17N3O5S. The lowest BCUT2D eigenvalue weighted by Crippen LogP contribution is -2.16. The summed E-state index contributed by atoms with van der Waals surface area (Å²) >= 11 is 1.38. The van der Waals surface area contributed by atoms with Crippen LogP contribution in [-0.2, 0) is 22.4 Å². The molecule has 0 aliphatic heterocycles. The standard InChI is InChI=1S/C16H17N3O5S/c1-8(15(21)22)19-7-9(6-17-19)13(20)18-14-12(16(23)24-2)10-4-3-5-11(10)25-14/h6-8H,3-5H2,1-2H3,(H,18,20)(H,21,22). The Hall–Kier alpha value is -2.68. The van der Waals surface area contributed by atoms with Gasteiger partial charge < -0.3 is 15.2 Å². The fourth-order valence-electron chi connectivity index (χ4n) is 2.77. The van der Waals surface area contributed by atoms with E-state index < -0.39 is 23.9 Å². The number of aryl methyl sites for hydroxylation is 1. The molecule has 1 unspecified atom stereocenters. The molecule has 0 fully saturated rings. The number of amides is 1. The van der Waals surface area contributed by atoms with Crippen LogP contribution in [0.1, 0.15) is 50.5 Å². The highest BCUT2D eigenvalue weighted by Crippen LogP contribution is 2.39. The third-order valence-electron chi connectivity index (χ3n) is 4.16. The van der Waals surface area contributed by atoms with E-state index in [9.17, 15) is 14.4 Å². The number of carbonyl (C=O) groups is 3. The normalized spacial score (nSPS) is 14.0. The Morgan fingerprint density at radius 3 is 2.84 bits per heavy atom. The Balaban J connectivity index is 1.85. The maximum Gasteiger partial charge on any atom is 0.341 e. The van der Waals surface area contributed by atoms with E-state index >= 15 is 0 Å². The van der Waals surface area contributed by atoms with Gasteiger partial charge in [-0.15, -0.1) is 11.3 Å². The summed E-state index contributed by atoms with van der Waals surface area (Å²) in [6, 6.07) is -0.877. The predicted molar refractivity (Wildman–Crippen MR) is 90.2 cm³/mol. The van der Waals surface area contributed by atoms with Gasteiger partial charge in [-0.3, -0.25) is 9.48 Å². The molecule has 1 aliphatic carbocycles. The molecule has 2 heterocycles. The molecule has 25 heavy (non-hydrogen) atoms. The second kappa shape index (κ2) is 6.67. The molecule has 0 radical (unpaired) electrons. The van der Waals surface area contributed by atoms with Crippen LogP contribution in [0.2, 0.25) is 0 Å². The minimum absolute atomic E-state index is 0.220. The zero-order chi connectivity index (χ0) is 18.1. The molecule has 0 bridgehead atoms. The highest BCUT2D eigenvalue weighted by atomic mass is 32.1. The molecule has 0 saturated heterocycles. The lowest BCUT2D eigenvalue weighted by molar-refractivity contribution is -0.140. The number of hydrogen-bond acceptors (Lipinski definition) is 6. The third kappa shape index (κ3) is 3.14. The number of anilines is 1. The van der Waals surface area contributed by atoms with E-state index in [2.05, 4.69) is 10.4 Å². The molecule has 132 valence electrons. The molecule has 1 amide bonds. The van der Waals surface area contributed by atoms with E-state index in [0.29, 0.717) is 10.6 Å². The number of esters is 1. The first-order valence-corrected chi connectivity index (χ1v) is 8.55. The predicted octanol–water partition coefficient (Wildman–Crippen LogP) is 2.12. The molecule has 2 aromatic heterocycles. The summed E-state index contributed by atoms with van der Waals surface area (Å²) in [6.07, 6.45) is 5.33. The minimum Gasteiger partial charge on any atom is -0.480 e. The number of carbonyl (C=O) groups excluding carboxylic acids is 2. The second-order valence-electron chi connectivity index (χ2n) is 5.73. The molecule has 1 aliphatic rings. The van der Waals surface area contributed by atoms with Gasteiger partial charge in [-0.1, -0.05) is 0 Å². The number of aliphatic carboxylic acids is 1. The second-order valence-corrected chi connectivity index (χ2v) is 6.84. The van der Waals surface area contributed by atoms with Gasteiger partial charge in [-0.2, -0.15) is 5.10 Å². The zero-order valence-corrected chi connectivity index (χ0v) is 14.6. The topological polar surface area (TPSA) is 111 Å². The van der Waals surface area contributed by atoms with Crippen LogP contribution in [0.5, 0.6) is 0 Å². The van der Waals surface area contributed by atoms with Gasteiger partial charge in [-0.25, -0.2) is 9.59 Å². The van der Waals surface area contributed by atoms with Gasteiger partial charge in [0.25, 0.3) is 5.91 Å². The van der Waals surface area contributed by atoms with Crippen molar-refractivity contribution in [3.8, 4) is 0 Å². The van der Waals surface area contributed by atoms with Crippen LogP contribution < -0.4 is 5.32 Å². The van der Waals surface area contributed by atoms with Crippen LogP contribution in [0, 0.1) is 0 Å². The van der Waals surface area contributed by atoms with Crippen LogP contribution in [0.4, 0.5) is 5.00 Å². The molecule has 0 aromatic carbocycles. The summed E-state index contributed by atoms with van der Waals surface area (Å²) in [7, 11) is 1.31. The number of methoxy groups -OCH3 is 1. The summed E-state index contributed by atoms with van der Waals surface area (Å²) in [5, 5.41) is 16.1. The largest absolute Gasteiger partial charge is 0.480 e. The van der Waals surface area contributed by atoms with E-state index in [-0.39, 0.29) is 5.56 Å². The van der Waals surface area contributed by atoms with Gasteiger partial charge in [-0.05, 0) is 31.7 Å². The number of carboxylic acids is 1. The number of hydrogen-bond donors (Lipinski definition) is 2. The Morgan fingerprint density at radius 1 is 1.40 bits per heavy atom. The summed E-state index contributed by atoms with van der Waals surface area (Å²) in [6.45, 7) is 1.47. The van der Waals surface area contributed by atoms with Gasteiger partial charge in [0.05, 0.1) is 24.4 Å². The van der Waals surface area contributed by atoms with E-state index in [1.165, 1.54) is 42.4 Å². The van der Waals surface area contributed by atoms with Gasteiger partial charge in [0.2, 0.25) is 0 Å². The maximum absolute atomic E-state index is 12.5. The van der Waals surface area contributed by atoms with Crippen LogP contribution in [0.3, 0.4) is 0 Å². The first-order chi connectivity index (χ1) is 11.9. The summed E-state index contributed by atoms with van der Waals surface area (Å²) < 4.78 is 6.05. The van der Waals surface area contributed by atoms with Crippen molar-refractivity contribution in [2.45, 2.75) is 32.2 Å². The fraction of sp³-hybridized carbons (Fsp3) is 0.375. The molecule has 0 spiro atoms. The average molecular weight is 363 g/mol. The first kappa shape index (κ1) is 17.2. The van der Waals surface area contributed by atoms with Crippen molar-refractivity contribution in [3.05, 3.63) is 34.0 Å². The number of thiophene rings is 1. The van der Waals surface area contributed by atoms with Crippen LogP contribution in [0.15, 0.2) is 12.4 Å². The molecule has 1 atom stereocenters. The van der Waals surface area contributed by atoms with Crippen molar-refractivity contribution in [2.24, 2.45) is 0 Å². The van der Waals surface area contributed by atoms with Crippen molar-refractivity contribution in [1.29, 1.82) is 0 Å².